The van der Waals surface area contributed by atoms with Crippen molar-refractivity contribution in [2.24, 2.45) is 10.8 Å². The lowest BCUT2D eigenvalue weighted by molar-refractivity contribution is -0.135. The fourth-order valence-corrected chi connectivity index (χ4v) is 2.97. The molecule has 1 saturated heterocycles. The molecule has 1 aliphatic rings. The van der Waals surface area contributed by atoms with E-state index in [9.17, 15) is 14.4 Å². The van der Waals surface area contributed by atoms with Crippen molar-refractivity contribution in [1.29, 1.82) is 0 Å². The Labute approximate surface area is 158 Å². The van der Waals surface area contributed by atoms with E-state index >= 15 is 0 Å². The lowest BCUT2D eigenvalue weighted by atomic mass is 9.90. The third kappa shape index (κ3) is 7.34. The van der Waals surface area contributed by atoms with Gasteiger partial charge in [0.2, 0.25) is 17.7 Å². The Hall–Kier alpha value is -1.59. The molecule has 1 heterocycles. The summed E-state index contributed by atoms with van der Waals surface area (Å²) in [4.78, 5) is 40.1. The average Bonchev–Trinajstić information content (AvgIpc) is 2.99. The maximum Gasteiger partial charge on any atom is 0.242 e. The van der Waals surface area contributed by atoms with E-state index < -0.39 is 5.41 Å². The van der Waals surface area contributed by atoms with Crippen molar-refractivity contribution in [1.82, 2.24) is 15.1 Å². The second-order valence-electron chi connectivity index (χ2n) is 9.63. The summed E-state index contributed by atoms with van der Waals surface area (Å²) in [5.41, 5.74) is -0.263. The maximum absolute atomic E-state index is 12.4. The average molecular weight is 368 g/mol. The van der Waals surface area contributed by atoms with Gasteiger partial charge in [-0.15, -0.1) is 0 Å². The molecule has 0 aliphatic carbocycles. The van der Waals surface area contributed by atoms with Gasteiger partial charge in [-0.25, -0.2) is 0 Å². The molecular formula is C20H37N3O3. The van der Waals surface area contributed by atoms with Gasteiger partial charge in [-0.3, -0.25) is 14.4 Å². The van der Waals surface area contributed by atoms with Crippen molar-refractivity contribution in [3.63, 3.8) is 0 Å². The van der Waals surface area contributed by atoms with Gasteiger partial charge in [0.1, 0.15) is 0 Å². The first kappa shape index (κ1) is 22.5. The molecule has 6 nitrogen and oxygen atoms in total. The summed E-state index contributed by atoms with van der Waals surface area (Å²) in [6.07, 6.45) is 3.26. The van der Waals surface area contributed by atoms with E-state index in [1.54, 1.807) is 9.80 Å². The minimum Gasteiger partial charge on any atom is -0.347 e. The summed E-state index contributed by atoms with van der Waals surface area (Å²) >= 11 is 0. The first-order chi connectivity index (χ1) is 11.8. The molecule has 6 heteroatoms. The van der Waals surface area contributed by atoms with E-state index in [0.717, 1.165) is 19.3 Å². The van der Waals surface area contributed by atoms with Crippen LogP contribution in [0.5, 0.6) is 0 Å². The molecule has 1 aliphatic heterocycles. The van der Waals surface area contributed by atoms with Gasteiger partial charge < -0.3 is 15.1 Å². The standard InChI is InChI=1S/C20H37N3O3/c1-19(2,3)11-8-9-16(24)22(7)15-10-12-23(14-15)17(25)13-21-18(26)20(4,5)6/h15H,8-14H2,1-7H3,(H,21,26). The van der Waals surface area contributed by atoms with Crippen molar-refractivity contribution in [3.05, 3.63) is 0 Å². The molecule has 1 N–H and O–H groups in total. The quantitative estimate of drug-likeness (QED) is 0.784. The second-order valence-corrected chi connectivity index (χ2v) is 9.63. The number of nitrogens with one attached hydrogen (secondary N) is 1. The fraction of sp³-hybridized carbons (Fsp3) is 0.850. The lowest BCUT2D eigenvalue weighted by Crippen LogP contribution is -2.44. The molecule has 1 fully saturated rings. The zero-order chi connectivity index (χ0) is 20.1. The van der Waals surface area contributed by atoms with Crippen molar-refractivity contribution < 1.29 is 14.4 Å². The summed E-state index contributed by atoms with van der Waals surface area (Å²) in [6.45, 7) is 13.2. The van der Waals surface area contributed by atoms with Crippen molar-refractivity contribution in [3.8, 4) is 0 Å². The number of hydrogen-bond donors (Lipinski definition) is 1. The first-order valence-corrected chi connectivity index (χ1v) is 9.63. The Morgan fingerprint density at radius 1 is 1.12 bits per heavy atom. The molecule has 0 aromatic rings. The van der Waals surface area contributed by atoms with E-state index in [4.69, 9.17) is 0 Å². The molecule has 0 aromatic carbocycles. The molecule has 3 amide bonds. The van der Waals surface area contributed by atoms with Gasteiger partial charge in [0.15, 0.2) is 0 Å². The van der Waals surface area contributed by atoms with Crippen LogP contribution < -0.4 is 5.32 Å². The van der Waals surface area contributed by atoms with Crippen LogP contribution in [0.25, 0.3) is 0 Å². The Morgan fingerprint density at radius 3 is 2.27 bits per heavy atom. The van der Waals surface area contributed by atoms with Crippen molar-refractivity contribution in [2.75, 3.05) is 26.7 Å². The summed E-state index contributed by atoms with van der Waals surface area (Å²) in [6, 6.07) is 0.0689. The van der Waals surface area contributed by atoms with E-state index in [1.165, 1.54) is 0 Å². The minimum atomic E-state index is -0.506. The second kappa shape index (κ2) is 8.87. The number of likely N-dealkylation sites (N-methyl/N-ethyl adjacent to an activating group) is 1. The third-order valence-corrected chi connectivity index (χ3v) is 4.86. The Bertz CT molecular complexity index is 517. The molecule has 1 rings (SSSR count). The highest BCUT2D eigenvalue weighted by Gasteiger charge is 2.31. The van der Waals surface area contributed by atoms with E-state index in [1.807, 2.05) is 27.8 Å². The van der Waals surface area contributed by atoms with Crippen LogP contribution >= 0.6 is 0 Å². The van der Waals surface area contributed by atoms with Crippen LogP contribution in [0, 0.1) is 10.8 Å². The van der Waals surface area contributed by atoms with Gasteiger partial charge in [-0.1, -0.05) is 41.5 Å². The molecule has 1 atom stereocenters. The molecule has 1 unspecified atom stereocenters. The summed E-state index contributed by atoms with van der Waals surface area (Å²) in [7, 11) is 1.83. The highest BCUT2D eigenvalue weighted by Crippen LogP contribution is 2.22. The normalized spacial score (nSPS) is 18.0. The predicted molar refractivity (Wildman–Crippen MR) is 104 cm³/mol. The highest BCUT2D eigenvalue weighted by atomic mass is 16.2. The van der Waals surface area contributed by atoms with Crippen molar-refractivity contribution in [2.45, 2.75) is 73.3 Å². The Morgan fingerprint density at radius 2 is 1.73 bits per heavy atom. The van der Waals surface area contributed by atoms with Gasteiger partial charge in [-0.05, 0) is 24.7 Å². The van der Waals surface area contributed by atoms with Gasteiger partial charge in [0, 0.05) is 32.0 Å². The molecular weight excluding hydrogens is 330 g/mol. The van der Waals surface area contributed by atoms with Gasteiger partial charge >= 0.3 is 0 Å². The smallest absolute Gasteiger partial charge is 0.242 e. The van der Waals surface area contributed by atoms with E-state index in [0.29, 0.717) is 19.5 Å². The molecule has 0 radical (unpaired) electrons. The number of amides is 3. The van der Waals surface area contributed by atoms with Crippen LogP contribution in [-0.2, 0) is 14.4 Å². The number of likely N-dealkylation sites (tertiary alicyclic amines) is 1. The van der Waals surface area contributed by atoms with E-state index in [2.05, 4.69) is 26.1 Å². The molecule has 0 spiro atoms. The number of carbonyl (C=O) groups is 3. The van der Waals surface area contributed by atoms with Crippen LogP contribution in [0.4, 0.5) is 0 Å². The van der Waals surface area contributed by atoms with Crippen LogP contribution in [0.3, 0.4) is 0 Å². The maximum atomic E-state index is 12.4. The zero-order valence-corrected chi connectivity index (χ0v) is 17.6. The minimum absolute atomic E-state index is 0.0199. The molecule has 150 valence electrons. The summed E-state index contributed by atoms with van der Waals surface area (Å²) in [5.74, 6) is -0.0685. The van der Waals surface area contributed by atoms with Gasteiger partial charge in [0.25, 0.3) is 0 Å². The van der Waals surface area contributed by atoms with Gasteiger partial charge in [0.05, 0.1) is 12.6 Å². The highest BCUT2D eigenvalue weighted by molar-refractivity contribution is 5.87. The largest absolute Gasteiger partial charge is 0.347 e. The van der Waals surface area contributed by atoms with Crippen LogP contribution in [0.1, 0.15) is 67.2 Å². The monoisotopic (exact) mass is 367 g/mol. The molecule has 26 heavy (non-hydrogen) atoms. The lowest BCUT2D eigenvalue weighted by Gasteiger charge is -2.26. The third-order valence-electron chi connectivity index (χ3n) is 4.86. The fourth-order valence-electron chi connectivity index (χ4n) is 2.97. The summed E-state index contributed by atoms with van der Waals surface area (Å²) < 4.78 is 0. The number of carbonyl (C=O) groups excluding carboxylic acids is 3. The molecule has 0 saturated carbocycles. The zero-order valence-electron chi connectivity index (χ0n) is 17.6. The van der Waals surface area contributed by atoms with E-state index in [-0.39, 0.29) is 35.7 Å². The van der Waals surface area contributed by atoms with Gasteiger partial charge in [-0.2, -0.15) is 0 Å². The van der Waals surface area contributed by atoms with Crippen LogP contribution in [0.15, 0.2) is 0 Å². The molecule has 0 bridgehead atoms. The topological polar surface area (TPSA) is 69.7 Å². The first-order valence-electron chi connectivity index (χ1n) is 9.63. The Kier molecular flexibility index (Phi) is 7.66. The predicted octanol–water partition coefficient (Wildman–Crippen LogP) is 2.42. The van der Waals surface area contributed by atoms with Crippen LogP contribution in [0.2, 0.25) is 0 Å². The number of nitrogens with zero attached hydrogens (tertiary/aromatic N) is 2. The van der Waals surface area contributed by atoms with Crippen LogP contribution in [-0.4, -0.2) is 60.2 Å². The number of hydrogen-bond acceptors (Lipinski definition) is 3. The summed E-state index contributed by atoms with van der Waals surface area (Å²) in [5, 5.41) is 2.70. The van der Waals surface area contributed by atoms with Crippen molar-refractivity contribution >= 4 is 17.7 Å². The number of rotatable bonds is 6. The molecule has 0 aromatic heterocycles. The SMILES string of the molecule is CN(C(=O)CCCC(C)(C)C)C1CCN(C(=O)CNC(=O)C(C)(C)C)C1. The Balaban J connectivity index is 2.41.